The summed E-state index contributed by atoms with van der Waals surface area (Å²) in [6.07, 6.45) is 8.36. The zero-order chi connectivity index (χ0) is 30.6. The number of halogens is 2. The third-order valence-corrected chi connectivity index (χ3v) is 9.37. The van der Waals surface area contributed by atoms with Crippen LogP contribution in [0.3, 0.4) is 0 Å². The number of esters is 1. The lowest BCUT2D eigenvalue weighted by atomic mass is 9.78. The number of imidazole rings is 2. The predicted octanol–water partition coefficient (Wildman–Crippen LogP) is 6.44. The number of aromatic nitrogens is 5. The summed E-state index contributed by atoms with van der Waals surface area (Å²) in [5.41, 5.74) is 4.89. The molecule has 2 fully saturated rings. The lowest BCUT2D eigenvalue weighted by Crippen LogP contribution is -2.56. The third-order valence-electron chi connectivity index (χ3n) is 8.37. The van der Waals surface area contributed by atoms with Gasteiger partial charge >= 0.3 is 5.97 Å². The number of amides is 1. The molecule has 0 bridgehead atoms. The van der Waals surface area contributed by atoms with Gasteiger partial charge in [0.1, 0.15) is 24.4 Å². The fourth-order valence-corrected chi connectivity index (χ4v) is 6.34. The van der Waals surface area contributed by atoms with Gasteiger partial charge in [0.25, 0.3) is 3.68 Å². The third kappa shape index (κ3) is 4.88. The Morgan fingerprint density at radius 3 is 2.66 bits per heavy atom. The lowest BCUT2D eigenvalue weighted by Gasteiger charge is -2.48. The molecule has 3 aromatic heterocycles. The number of carbonyl (C=O) groups is 2. The van der Waals surface area contributed by atoms with Crippen molar-refractivity contribution in [2.45, 2.75) is 36.1 Å². The van der Waals surface area contributed by atoms with E-state index >= 15 is 4.39 Å². The number of carbonyl (C=O) groups excluding carboxylic acids is 2. The maximum absolute atomic E-state index is 15.6. The van der Waals surface area contributed by atoms with Gasteiger partial charge in [0.05, 0.1) is 29.3 Å². The van der Waals surface area contributed by atoms with Crippen LogP contribution in [0, 0.1) is 18.8 Å². The second-order valence-corrected chi connectivity index (χ2v) is 12.7. The van der Waals surface area contributed by atoms with Gasteiger partial charge in [-0.25, -0.2) is 24.1 Å². The van der Waals surface area contributed by atoms with Crippen molar-refractivity contribution in [2.24, 2.45) is 11.8 Å². The van der Waals surface area contributed by atoms with Crippen molar-refractivity contribution in [3.8, 4) is 5.82 Å². The summed E-state index contributed by atoms with van der Waals surface area (Å²) in [7, 11) is 0. The number of aryl methyl sites for hydroxylation is 1. The van der Waals surface area contributed by atoms with E-state index in [9.17, 15) is 9.59 Å². The van der Waals surface area contributed by atoms with Gasteiger partial charge in [-0.2, -0.15) is 0 Å². The number of benzene rings is 2. The molecule has 1 saturated heterocycles. The Morgan fingerprint density at radius 1 is 1.14 bits per heavy atom. The van der Waals surface area contributed by atoms with Crippen LogP contribution in [-0.2, 0) is 24.6 Å². The van der Waals surface area contributed by atoms with E-state index in [-0.39, 0.29) is 30.2 Å². The molecule has 9 nitrogen and oxygen atoms in total. The summed E-state index contributed by atoms with van der Waals surface area (Å²) in [4.78, 5) is 41.4. The molecular formula is C33H28FIN6O3. The highest BCUT2D eigenvalue weighted by molar-refractivity contribution is 14.1. The van der Waals surface area contributed by atoms with Gasteiger partial charge in [0.15, 0.2) is 0 Å². The first-order chi connectivity index (χ1) is 21.3. The first-order valence-electron chi connectivity index (χ1n) is 14.3. The highest BCUT2D eigenvalue weighted by Gasteiger charge is 2.55. The molecule has 2 aliphatic rings. The van der Waals surface area contributed by atoms with Crippen LogP contribution in [0.5, 0.6) is 0 Å². The minimum absolute atomic E-state index is 0.0360. The average molecular weight is 703 g/mol. The Kier molecular flexibility index (Phi) is 7.07. The van der Waals surface area contributed by atoms with Gasteiger partial charge in [0.2, 0.25) is 5.91 Å². The largest absolute Gasteiger partial charge is 0.458 e. The number of β-lactam (4-membered cyclic amide) rings is 1. The predicted molar refractivity (Wildman–Crippen MR) is 172 cm³/mol. The fourth-order valence-electron chi connectivity index (χ4n) is 5.91. The van der Waals surface area contributed by atoms with Gasteiger partial charge in [-0.1, -0.05) is 43.0 Å². The molecule has 7 rings (SSSR count). The van der Waals surface area contributed by atoms with Crippen molar-refractivity contribution >= 4 is 57.4 Å². The molecule has 2 aromatic carbocycles. The fraction of sp³-hybridized carbons (Fsp3) is 0.242. The van der Waals surface area contributed by atoms with Gasteiger partial charge in [0, 0.05) is 23.8 Å². The van der Waals surface area contributed by atoms with Crippen molar-refractivity contribution in [3.63, 3.8) is 0 Å². The quantitative estimate of drug-likeness (QED) is 0.0760. The monoisotopic (exact) mass is 702 g/mol. The molecule has 3 unspecified atom stereocenters. The number of fused-ring (bicyclic) bond motifs is 1. The summed E-state index contributed by atoms with van der Waals surface area (Å²) in [5.74, 6) is -0.127. The SMILES string of the molecule is C=Cn1cnc2cc(N3C(=O)C(C4CC4)C3c3ccc(-n4cnc(C(F)(I)C(=O)OCc5ccccc5)c4)nc3C)ccc21. The molecule has 3 atom stereocenters. The van der Waals surface area contributed by atoms with Crippen LogP contribution in [0.15, 0.2) is 86.1 Å². The van der Waals surface area contributed by atoms with Gasteiger partial charge in [-0.15, -0.1) is 0 Å². The van der Waals surface area contributed by atoms with Crippen LogP contribution in [0.2, 0.25) is 0 Å². The minimum Gasteiger partial charge on any atom is -0.458 e. The summed E-state index contributed by atoms with van der Waals surface area (Å²) >= 11 is 1.42. The normalized spacial score (nSPS) is 19.4. The number of rotatable bonds is 9. The second kappa shape index (κ2) is 11.0. The molecule has 11 heteroatoms. The number of hydrogen-bond donors (Lipinski definition) is 0. The van der Waals surface area contributed by atoms with Gasteiger partial charge in [-0.05, 0) is 83.7 Å². The zero-order valence-corrected chi connectivity index (χ0v) is 26.0. The standard InChI is InChI=1S/C33H28FIN6O3/c1-3-39-18-36-25-15-23(11-13-26(25)39)41-30(29(31(41)42)22-9-10-22)24-12-14-28(38-20(24)2)40-16-27(37-19-40)33(34,35)32(43)44-17-21-7-5-4-6-8-21/h3-8,11-16,18-19,22,29-30H,1,9-10,17H2,2H3. The molecule has 0 N–H and O–H groups in total. The van der Waals surface area contributed by atoms with Crippen molar-refractivity contribution in [1.82, 2.24) is 24.1 Å². The Morgan fingerprint density at radius 2 is 1.93 bits per heavy atom. The van der Waals surface area contributed by atoms with Crippen LogP contribution in [0.25, 0.3) is 23.1 Å². The highest BCUT2D eigenvalue weighted by atomic mass is 127. The second-order valence-electron chi connectivity index (χ2n) is 11.2. The van der Waals surface area contributed by atoms with E-state index in [1.807, 2.05) is 64.9 Å². The van der Waals surface area contributed by atoms with E-state index in [1.54, 1.807) is 29.2 Å². The first-order valence-corrected chi connectivity index (χ1v) is 15.4. The number of nitrogens with zero attached hydrogens (tertiary/aromatic N) is 6. The molecule has 0 radical (unpaired) electrons. The molecule has 1 amide bonds. The van der Waals surface area contributed by atoms with Gasteiger partial charge in [-0.3, -0.25) is 9.36 Å². The topological polar surface area (TPSA) is 95.1 Å². The van der Waals surface area contributed by atoms with Crippen LogP contribution in [-0.4, -0.2) is 36.0 Å². The summed E-state index contributed by atoms with van der Waals surface area (Å²) in [6, 6.07) is 18.6. The Bertz CT molecular complexity index is 1920. The molecule has 222 valence electrons. The molecule has 1 aliphatic carbocycles. The lowest BCUT2D eigenvalue weighted by molar-refractivity contribution is -0.152. The van der Waals surface area contributed by atoms with E-state index < -0.39 is 9.64 Å². The number of ether oxygens (including phenoxy) is 1. The molecule has 5 aromatic rings. The molecular weight excluding hydrogens is 674 g/mol. The average Bonchev–Trinajstić information content (AvgIpc) is 3.54. The Balaban J connectivity index is 1.13. The summed E-state index contributed by atoms with van der Waals surface area (Å²) in [6.45, 7) is 5.70. The molecule has 1 aliphatic heterocycles. The smallest absolute Gasteiger partial charge is 0.361 e. The number of alkyl halides is 2. The maximum Gasteiger partial charge on any atom is 0.361 e. The number of anilines is 1. The van der Waals surface area contributed by atoms with Crippen LogP contribution in [0.1, 0.15) is 41.4 Å². The van der Waals surface area contributed by atoms with Crippen LogP contribution < -0.4 is 4.90 Å². The van der Waals surface area contributed by atoms with E-state index in [2.05, 4.69) is 16.5 Å². The molecule has 1 saturated carbocycles. The van der Waals surface area contributed by atoms with E-state index in [4.69, 9.17) is 9.72 Å². The van der Waals surface area contributed by atoms with Crippen molar-refractivity contribution in [2.75, 3.05) is 4.90 Å². The summed E-state index contributed by atoms with van der Waals surface area (Å²) in [5, 5.41) is 0. The van der Waals surface area contributed by atoms with E-state index in [1.165, 1.54) is 35.1 Å². The van der Waals surface area contributed by atoms with Crippen LogP contribution >= 0.6 is 22.6 Å². The zero-order valence-electron chi connectivity index (χ0n) is 23.8. The number of pyridine rings is 1. The maximum atomic E-state index is 15.6. The Labute approximate surface area is 266 Å². The van der Waals surface area contributed by atoms with E-state index in [0.717, 1.165) is 46.4 Å². The minimum atomic E-state index is -2.47. The molecule has 4 heterocycles. The number of hydrogen-bond acceptors (Lipinski definition) is 6. The molecule has 44 heavy (non-hydrogen) atoms. The molecule has 0 spiro atoms. The van der Waals surface area contributed by atoms with Crippen molar-refractivity contribution in [1.29, 1.82) is 0 Å². The summed E-state index contributed by atoms with van der Waals surface area (Å²) < 4.78 is 21.8. The van der Waals surface area contributed by atoms with Crippen molar-refractivity contribution < 1.29 is 18.7 Å². The van der Waals surface area contributed by atoms with Crippen molar-refractivity contribution in [3.05, 3.63) is 109 Å². The van der Waals surface area contributed by atoms with Gasteiger partial charge < -0.3 is 14.2 Å². The van der Waals surface area contributed by atoms with E-state index in [0.29, 0.717) is 11.7 Å². The Hall–Kier alpha value is -4.39. The first kappa shape index (κ1) is 28.4. The highest BCUT2D eigenvalue weighted by Crippen LogP contribution is 2.54. The van der Waals surface area contributed by atoms with Crippen LogP contribution in [0.4, 0.5) is 10.1 Å².